The standard InChI is InChI=1S/C16H24N2O3S/c1-11(16-18-13-6-2-3-7-14(13)22-16)17-15(19)10-20-9-12-5-4-8-21-12/h11-12H,2-10H2,1H3,(H,17,19)/t11-,12+/m1/s1. The van der Waals surface area contributed by atoms with Crippen molar-refractivity contribution < 1.29 is 14.3 Å². The highest BCUT2D eigenvalue weighted by Gasteiger charge is 2.20. The SMILES string of the molecule is C[C@@H](NC(=O)COC[C@@H]1CCCO1)c1nc2c(s1)CCCC2. The van der Waals surface area contributed by atoms with Crippen LogP contribution in [-0.2, 0) is 27.1 Å². The van der Waals surface area contributed by atoms with Crippen molar-refractivity contribution in [2.75, 3.05) is 19.8 Å². The number of carbonyl (C=O) groups excluding carboxylic acids is 1. The van der Waals surface area contributed by atoms with Gasteiger partial charge in [0.15, 0.2) is 0 Å². The van der Waals surface area contributed by atoms with Gasteiger partial charge in [0, 0.05) is 11.5 Å². The van der Waals surface area contributed by atoms with Crippen LogP contribution in [0.5, 0.6) is 0 Å². The lowest BCUT2D eigenvalue weighted by Gasteiger charge is -2.13. The third kappa shape index (κ3) is 4.06. The second-order valence-corrected chi connectivity index (χ2v) is 7.18. The first-order chi connectivity index (χ1) is 10.7. The lowest BCUT2D eigenvalue weighted by Crippen LogP contribution is -2.31. The van der Waals surface area contributed by atoms with Gasteiger partial charge in [-0.1, -0.05) is 0 Å². The third-order valence-corrected chi connectivity index (χ3v) is 5.51. The Hall–Kier alpha value is -0.980. The van der Waals surface area contributed by atoms with Crippen molar-refractivity contribution in [1.29, 1.82) is 0 Å². The maximum Gasteiger partial charge on any atom is 0.246 e. The van der Waals surface area contributed by atoms with E-state index in [0.29, 0.717) is 6.61 Å². The van der Waals surface area contributed by atoms with Gasteiger partial charge in [-0.3, -0.25) is 4.79 Å². The van der Waals surface area contributed by atoms with Crippen LogP contribution in [0, 0.1) is 0 Å². The van der Waals surface area contributed by atoms with E-state index in [9.17, 15) is 4.79 Å². The van der Waals surface area contributed by atoms with Crippen LogP contribution in [0.25, 0.3) is 0 Å². The summed E-state index contributed by atoms with van der Waals surface area (Å²) in [5.74, 6) is -0.0846. The molecule has 1 N–H and O–H groups in total. The van der Waals surface area contributed by atoms with Gasteiger partial charge in [0.05, 0.1) is 24.4 Å². The van der Waals surface area contributed by atoms with Crippen LogP contribution in [0.15, 0.2) is 0 Å². The summed E-state index contributed by atoms with van der Waals surface area (Å²) in [5, 5.41) is 3.99. The summed E-state index contributed by atoms with van der Waals surface area (Å²) in [6.45, 7) is 3.40. The summed E-state index contributed by atoms with van der Waals surface area (Å²) in [6, 6.07) is -0.0468. The monoisotopic (exact) mass is 324 g/mol. The highest BCUT2D eigenvalue weighted by Crippen LogP contribution is 2.29. The Bertz CT molecular complexity index is 488. The molecule has 0 aromatic carbocycles. The maximum absolute atomic E-state index is 11.9. The number of hydrogen-bond donors (Lipinski definition) is 1. The van der Waals surface area contributed by atoms with E-state index >= 15 is 0 Å². The number of thiazole rings is 1. The van der Waals surface area contributed by atoms with Gasteiger partial charge in [-0.2, -0.15) is 0 Å². The number of nitrogens with one attached hydrogen (secondary N) is 1. The number of aromatic nitrogens is 1. The number of ether oxygens (including phenoxy) is 2. The molecule has 1 saturated heterocycles. The van der Waals surface area contributed by atoms with Crippen molar-refractivity contribution in [3.05, 3.63) is 15.6 Å². The van der Waals surface area contributed by atoms with Gasteiger partial charge in [-0.15, -0.1) is 11.3 Å². The lowest BCUT2D eigenvalue weighted by atomic mass is 10.0. The maximum atomic E-state index is 11.9. The van der Waals surface area contributed by atoms with Crippen molar-refractivity contribution in [2.24, 2.45) is 0 Å². The molecule has 2 aliphatic rings. The predicted molar refractivity (Wildman–Crippen MR) is 85.1 cm³/mol. The second-order valence-electron chi connectivity index (χ2n) is 6.07. The normalized spacial score (nSPS) is 22.3. The molecule has 0 spiro atoms. The van der Waals surface area contributed by atoms with Gasteiger partial charge in [-0.25, -0.2) is 4.98 Å². The van der Waals surface area contributed by atoms with Crippen molar-refractivity contribution in [1.82, 2.24) is 10.3 Å². The van der Waals surface area contributed by atoms with Gasteiger partial charge >= 0.3 is 0 Å². The summed E-state index contributed by atoms with van der Waals surface area (Å²) in [4.78, 5) is 18.0. The van der Waals surface area contributed by atoms with Crippen LogP contribution in [-0.4, -0.2) is 36.8 Å². The largest absolute Gasteiger partial charge is 0.376 e. The molecular formula is C16H24N2O3S. The molecule has 0 saturated carbocycles. The Morgan fingerprint density at radius 3 is 3.09 bits per heavy atom. The molecule has 6 heteroatoms. The van der Waals surface area contributed by atoms with E-state index in [1.165, 1.54) is 23.4 Å². The summed E-state index contributed by atoms with van der Waals surface area (Å²) < 4.78 is 10.9. The van der Waals surface area contributed by atoms with Crippen LogP contribution in [0.4, 0.5) is 0 Å². The van der Waals surface area contributed by atoms with Gasteiger partial charge in [0.2, 0.25) is 5.91 Å². The molecule has 0 radical (unpaired) electrons. The first-order valence-corrected chi connectivity index (χ1v) is 9.01. The average molecular weight is 324 g/mol. The predicted octanol–water partition coefficient (Wildman–Crippen LogP) is 2.39. The van der Waals surface area contributed by atoms with Crippen molar-refractivity contribution in [2.45, 2.75) is 57.6 Å². The van der Waals surface area contributed by atoms with E-state index < -0.39 is 0 Å². The first-order valence-electron chi connectivity index (χ1n) is 8.19. The number of amides is 1. The van der Waals surface area contributed by atoms with Crippen LogP contribution in [0.1, 0.15) is 54.2 Å². The number of nitrogens with zero attached hydrogens (tertiary/aromatic N) is 1. The van der Waals surface area contributed by atoms with Gasteiger partial charge in [0.1, 0.15) is 11.6 Å². The quantitative estimate of drug-likeness (QED) is 0.873. The second kappa shape index (κ2) is 7.53. The highest BCUT2D eigenvalue weighted by atomic mass is 32.1. The zero-order chi connectivity index (χ0) is 15.4. The Morgan fingerprint density at radius 1 is 1.45 bits per heavy atom. The van der Waals surface area contributed by atoms with Crippen molar-refractivity contribution >= 4 is 17.2 Å². The molecule has 1 aliphatic carbocycles. The van der Waals surface area contributed by atoms with Crippen LogP contribution >= 0.6 is 11.3 Å². The van der Waals surface area contributed by atoms with Crippen molar-refractivity contribution in [3.63, 3.8) is 0 Å². The highest BCUT2D eigenvalue weighted by molar-refractivity contribution is 7.11. The van der Waals surface area contributed by atoms with Gasteiger partial charge < -0.3 is 14.8 Å². The number of rotatable bonds is 6. The summed E-state index contributed by atoms with van der Waals surface area (Å²) in [6.07, 6.45) is 6.99. The zero-order valence-corrected chi connectivity index (χ0v) is 13.9. The molecule has 1 fully saturated rings. The topological polar surface area (TPSA) is 60.5 Å². The first kappa shape index (κ1) is 15.9. The minimum Gasteiger partial charge on any atom is -0.376 e. The molecule has 1 aliphatic heterocycles. The fourth-order valence-electron chi connectivity index (χ4n) is 2.96. The molecule has 22 heavy (non-hydrogen) atoms. The van der Waals surface area contributed by atoms with E-state index in [4.69, 9.17) is 14.5 Å². The Morgan fingerprint density at radius 2 is 2.32 bits per heavy atom. The zero-order valence-electron chi connectivity index (χ0n) is 13.1. The van der Waals surface area contributed by atoms with E-state index in [1.54, 1.807) is 11.3 Å². The lowest BCUT2D eigenvalue weighted by molar-refractivity contribution is -0.127. The summed E-state index contributed by atoms with van der Waals surface area (Å²) in [5.41, 5.74) is 1.24. The fourth-order valence-corrected chi connectivity index (χ4v) is 4.12. The van der Waals surface area contributed by atoms with Crippen LogP contribution in [0.3, 0.4) is 0 Å². The minimum atomic E-state index is -0.0846. The van der Waals surface area contributed by atoms with E-state index in [-0.39, 0.29) is 24.7 Å². The smallest absolute Gasteiger partial charge is 0.246 e. The van der Waals surface area contributed by atoms with E-state index in [2.05, 4.69) is 5.32 Å². The molecule has 5 nitrogen and oxygen atoms in total. The molecular weight excluding hydrogens is 300 g/mol. The van der Waals surface area contributed by atoms with Crippen molar-refractivity contribution in [3.8, 4) is 0 Å². The molecule has 1 aromatic heterocycles. The Labute approximate surface area is 135 Å². The van der Waals surface area contributed by atoms with Gasteiger partial charge in [-0.05, 0) is 45.4 Å². The third-order valence-electron chi connectivity index (χ3n) is 4.17. The van der Waals surface area contributed by atoms with E-state index in [0.717, 1.165) is 37.3 Å². The molecule has 2 atom stereocenters. The molecule has 2 heterocycles. The summed E-state index contributed by atoms with van der Waals surface area (Å²) in [7, 11) is 0. The van der Waals surface area contributed by atoms with Crippen LogP contribution in [0.2, 0.25) is 0 Å². The van der Waals surface area contributed by atoms with E-state index in [1.807, 2.05) is 6.92 Å². The fraction of sp³-hybridized carbons (Fsp3) is 0.750. The number of hydrogen-bond acceptors (Lipinski definition) is 5. The Kier molecular flexibility index (Phi) is 5.44. The molecule has 1 aromatic rings. The molecule has 0 unspecified atom stereocenters. The summed E-state index contributed by atoms with van der Waals surface area (Å²) >= 11 is 1.74. The van der Waals surface area contributed by atoms with Gasteiger partial charge in [0.25, 0.3) is 0 Å². The molecule has 3 rings (SSSR count). The number of carbonyl (C=O) groups is 1. The Balaban J connectivity index is 1.43. The minimum absolute atomic E-state index is 0.0468. The molecule has 0 bridgehead atoms. The number of fused-ring (bicyclic) bond motifs is 1. The molecule has 1 amide bonds. The average Bonchev–Trinajstić information content (AvgIpc) is 3.16. The molecule has 122 valence electrons. The van der Waals surface area contributed by atoms with Crippen LogP contribution < -0.4 is 5.32 Å². The number of aryl methyl sites for hydroxylation is 2.